The lowest BCUT2D eigenvalue weighted by Crippen LogP contribution is -2.33. The van der Waals surface area contributed by atoms with Crippen LogP contribution in [0.15, 0.2) is 182 Å². The molecule has 1 aliphatic carbocycles. The summed E-state index contributed by atoms with van der Waals surface area (Å²) in [5, 5.41) is 3.55. The fourth-order valence-corrected chi connectivity index (χ4v) is 7.82. The van der Waals surface area contributed by atoms with Gasteiger partial charge in [-0.05, 0) is 159 Å². The molecule has 8 rings (SSSR count). The van der Waals surface area contributed by atoms with Crippen LogP contribution in [0.4, 0.5) is 56.9 Å². The molecule has 0 aromatic heterocycles. The van der Waals surface area contributed by atoms with Crippen LogP contribution in [0.2, 0.25) is 0 Å². The molecule has 4 nitrogen and oxygen atoms in total. The number of hydrogen-bond acceptors (Lipinski definition) is 4. The number of nitrogens with one attached hydrogen (secondary N) is 1. The Morgan fingerprint density at radius 3 is 1.33 bits per heavy atom. The van der Waals surface area contributed by atoms with Gasteiger partial charge in [0.15, 0.2) is 0 Å². The minimum absolute atomic E-state index is 0.501. The smallest absolute Gasteiger partial charge is 0.0464 e. The predicted molar refractivity (Wildman–Crippen MR) is 230 cm³/mol. The highest BCUT2D eigenvalue weighted by atomic mass is 15.2. The molecule has 1 fully saturated rings. The summed E-state index contributed by atoms with van der Waals surface area (Å²) in [5.41, 5.74) is 13.8. The van der Waals surface area contributed by atoms with Crippen molar-refractivity contribution in [3.8, 4) is 0 Å². The van der Waals surface area contributed by atoms with Gasteiger partial charge in [0.05, 0.1) is 0 Å². The SMILES string of the molecule is Cc1cccc(N(c2ccccc2)c2ccc(N(c3ccc(Nc4ccccc4)cc3)c3ccc(N(c4cccc(C)c4)C4CCCCC4)cc3)cc2)c1. The largest absolute Gasteiger partial charge is 0.356 e. The molecule has 7 aromatic carbocycles. The second kappa shape index (κ2) is 16.2. The third kappa shape index (κ3) is 7.89. The van der Waals surface area contributed by atoms with Gasteiger partial charge in [-0.25, -0.2) is 0 Å². The summed E-state index contributed by atoms with van der Waals surface area (Å²) in [6.45, 7) is 4.34. The zero-order valence-corrected chi connectivity index (χ0v) is 31.3. The van der Waals surface area contributed by atoms with Gasteiger partial charge < -0.3 is 20.0 Å². The van der Waals surface area contributed by atoms with Crippen molar-refractivity contribution in [2.45, 2.75) is 52.0 Å². The van der Waals surface area contributed by atoms with Crippen LogP contribution < -0.4 is 20.0 Å². The van der Waals surface area contributed by atoms with Gasteiger partial charge in [-0.1, -0.05) is 79.9 Å². The molecule has 0 aliphatic heterocycles. The molecule has 1 saturated carbocycles. The molecule has 7 aromatic rings. The van der Waals surface area contributed by atoms with E-state index < -0.39 is 0 Å². The molecule has 0 saturated heterocycles. The lowest BCUT2D eigenvalue weighted by atomic mass is 9.93. The summed E-state index contributed by atoms with van der Waals surface area (Å²) in [7, 11) is 0. The number of rotatable bonds is 11. The minimum Gasteiger partial charge on any atom is -0.356 e. The summed E-state index contributed by atoms with van der Waals surface area (Å²) in [5.74, 6) is 0. The average Bonchev–Trinajstić information content (AvgIpc) is 3.21. The summed E-state index contributed by atoms with van der Waals surface area (Å²) in [4.78, 5) is 7.27. The van der Waals surface area contributed by atoms with Crippen LogP contribution in [0.25, 0.3) is 0 Å². The molecule has 0 atom stereocenters. The fraction of sp³-hybridized carbons (Fsp3) is 0.160. The summed E-state index contributed by atoms with van der Waals surface area (Å²) >= 11 is 0. The van der Waals surface area contributed by atoms with Crippen molar-refractivity contribution in [2.75, 3.05) is 20.0 Å². The van der Waals surface area contributed by atoms with E-state index in [2.05, 4.69) is 210 Å². The van der Waals surface area contributed by atoms with Crippen LogP contribution in [0.1, 0.15) is 43.2 Å². The number of anilines is 10. The second-order valence-electron chi connectivity index (χ2n) is 14.4. The molecule has 54 heavy (non-hydrogen) atoms. The quantitative estimate of drug-likeness (QED) is 0.145. The summed E-state index contributed by atoms with van der Waals surface area (Å²) in [6, 6.07) is 66.0. The van der Waals surface area contributed by atoms with E-state index in [1.165, 1.54) is 54.6 Å². The molecule has 0 spiro atoms. The van der Waals surface area contributed by atoms with Gasteiger partial charge in [-0.2, -0.15) is 0 Å². The Morgan fingerprint density at radius 1 is 0.370 bits per heavy atom. The lowest BCUT2D eigenvalue weighted by molar-refractivity contribution is 0.436. The third-order valence-corrected chi connectivity index (χ3v) is 10.4. The van der Waals surface area contributed by atoms with E-state index in [0.29, 0.717) is 6.04 Å². The van der Waals surface area contributed by atoms with E-state index in [0.717, 1.165) is 45.5 Å². The van der Waals surface area contributed by atoms with Gasteiger partial charge in [-0.3, -0.25) is 0 Å². The average molecular weight is 705 g/mol. The van der Waals surface area contributed by atoms with E-state index in [4.69, 9.17) is 0 Å². The van der Waals surface area contributed by atoms with Crippen molar-refractivity contribution in [1.29, 1.82) is 0 Å². The number of nitrogens with zero attached hydrogens (tertiary/aromatic N) is 3. The Morgan fingerprint density at radius 2 is 0.778 bits per heavy atom. The maximum atomic E-state index is 3.55. The maximum Gasteiger partial charge on any atom is 0.0464 e. The zero-order chi connectivity index (χ0) is 36.7. The molecule has 0 unspecified atom stereocenters. The van der Waals surface area contributed by atoms with Crippen LogP contribution in [0, 0.1) is 13.8 Å². The van der Waals surface area contributed by atoms with Crippen LogP contribution >= 0.6 is 0 Å². The molecule has 0 bridgehead atoms. The number of hydrogen-bond donors (Lipinski definition) is 1. The van der Waals surface area contributed by atoms with Gasteiger partial charge >= 0.3 is 0 Å². The Hall–Kier alpha value is -6.26. The van der Waals surface area contributed by atoms with E-state index in [9.17, 15) is 0 Å². The zero-order valence-electron chi connectivity index (χ0n) is 31.3. The highest BCUT2D eigenvalue weighted by Gasteiger charge is 2.24. The van der Waals surface area contributed by atoms with Gasteiger partial charge in [0.2, 0.25) is 0 Å². The van der Waals surface area contributed by atoms with Crippen molar-refractivity contribution in [3.05, 3.63) is 193 Å². The number of para-hydroxylation sites is 2. The second-order valence-corrected chi connectivity index (χ2v) is 14.4. The first-order chi connectivity index (χ1) is 26.6. The Balaban J connectivity index is 1.17. The minimum atomic E-state index is 0.501. The molecule has 4 heteroatoms. The Bertz CT molecular complexity index is 2240. The number of benzene rings is 7. The van der Waals surface area contributed by atoms with Crippen LogP contribution in [0.5, 0.6) is 0 Å². The van der Waals surface area contributed by atoms with Crippen molar-refractivity contribution < 1.29 is 0 Å². The fourth-order valence-electron chi connectivity index (χ4n) is 7.82. The van der Waals surface area contributed by atoms with Gasteiger partial charge in [0, 0.05) is 62.9 Å². The van der Waals surface area contributed by atoms with Crippen molar-refractivity contribution in [1.82, 2.24) is 0 Å². The lowest BCUT2D eigenvalue weighted by Gasteiger charge is -2.37. The number of aryl methyl sites for hydroxylation is 2. The Kier molecular flexibility index (Phi) is 10.4. The van der Waals surface area contributed by atoms with E-state index in [1.807, 2.05) is 6.07 Å². The molecule has 0 radical (unpaired) electrons. The van der Waals surface area contributed by atoms with E-state index in [-0.39, 0.29) is 0 Å². The topological polar surface area (TPSA) is 21.8 Å². The van der Waals surface area contributed by atoms with Crippen LogP contribution in [-0.4, -0.2) is 6.04 Å². The standard InChI is InChI=1S/C50H48N4/c1-38-14-12-22-49(36-38)53(42-18-8-4-9-19-42)47-32-28-45(29-33-47)52(44-26-24-41(25-27-44)51-40-16-6-3-7-17-40)46-30-34-48(35-31-46)54(43-20-10-5-11-21-43)50-23-13-15-39(2)37-50/h3-4,6-9,12-19,22-37,43,51H,5,10-11,20-21H2,1-2H3. The molecule has 268 valence electrons. The third-order valence-electron chi connectivity index (χ3n) is 10.4. The highest BCUT2D eigenvalue weighted by Crippen LogP contribution is 2.41. The molecule has 1 N–H and O–H groups in total. The van der Waals surface area contributed by atoms with Gasteiger partial charge in [0.25, 0.3) is 0 Å². The first-order valence-electron chi connectivity index (χ1n) is 19.3. The van der Waals surface area contributed by atoms with E-state index >= 15 is 0 Å². The highest BCUT2D eigenvalue weighted by molar-refractivity contribution is 5.82. The van der Waals surface area contributed by atoms with Crippen LogP contribution in [-0.2, 0) is 0 Å². The summed E-state index contributed by atoms with van der Waals surface area (Å²) in [6.07, 6.45) is 6.35. The van der Waals surface area contributed by atoms with Crippen molar-refractivity contribution in [3.63, 3.8) is 0 Å². The summed E-state index contributed by atoms with van der Waals surface area (Å²) < 4.78 is 0. The first kappa shape index (κ1) is 34.8. The monoisotopic (exact) mass is 704 g/mol. The predicted octanol–water partition coefficient (Wildman–Crippen LogP) is 14.5. The molecular weight excluding hydrogens is 657 g/mol. The molecule has 0 heterocycles. The van der Waals surface area contributed by atoms with E-state index in [1.54, 1.807) is 0 Å². The molecule has 0 amide bonds. The van der Waals surface area contributed by atoms with Crippen molar-refractivity contribution >= 4 is 56.9 Å². The first-order valence-corrected chi connectivity index (χ1v) is 19.3. The van der Waals surface area contributed by atoms with Crippen LogP contribution in [0.3, 0.4) is 0 Å². The molecule has 1 aliphatic rings. The molecular formula is C50H48N4. The maximum absolute atomic E-state index is 3.55. The Labute approximate surface area is 321 Å². The normalized spacial score (nSPS) is 12.9. The van der Waals surface area contributed by atoms with Gasteiger partial charge in [-0.15, -0.1) is 0 Å². The van der Waals surface area contributed by atoms with Gasteiger partial charge in [0.1, 0.15) is 0 Å². The van der Waals surface area contributed by atoms with Crippen molar-refractivity contribution in [2.24, 2.45) is 0 Å².